The van der Waals surface area contributed by atoms with Crippen molar-refractivity contribution in [2.75, 3.05) is 32.5 Å². The third-order valence-corrected chi connectivity index (χ3v) is 5.00. The molecule has 9 heteroatoms. The van der Waals surface area contributed by atoms with Crippen molar-refractivity contribution in [2.45, 2.75) is 6.42 Å². The molecule has 24 heavy (non-hydrogen) atoms. The maximum Gasteiger partial charge on any atom is 0.341 e. The van der Waals surface area contributed by atoms with Gasteiger partial charge in [-0.25, -0.2) is 17.5 Å². The Morgan fingerprint density at radius 1 is 1.42 bits per heavy atom. The molecule has 0 saturated carbocycles. The minimum Gasteiger partial charge on any atom is -0.482 e. The van der Waals surface area contributed by atoms with E-state index in [1.807, 2.05) is 0 Å². The molecule has 2 N–H and O–H groups in total. The molecule has 0 bridgehead atoms. The SMILES string of the molecule is CS(=O)(=O)N1CCC(CNC(=O)c2cccc(OCC(=O)O)c2)C1. The number of carboxylic acids is 1. The first-order valence-electron chi connectivity index (χ1n) is 7.43. The van der Waals surface area contributed by atoms with E-state index < -0.39 is 22.6 Å². The summed E-state index contributed by atoms with van der Waals surface area (Å²) in [4.78, 5) is 22.6. The Bertz CT molecular complexity index is 718. The summed E-state index contributed by atoms with van der Waals surface area (Å²) >= 11 is 0. The molecule has 1 saturated heterocycles. The van der Waals surface area contributed by atoms with Crippen molar-refractivity contribution in [1.29, 1.82) is 0 Å². The highest BCUT2D eigenvalue weighted by molar-refractivity contribution is 7.88. The van der Waals surface area contributed by atoms with Crippen LogP contribution in [0.4, 0.5) is 0 Å². The van der Waals surface area contributed by atoms with Gasteiger partial charge in [0.05, 0.1) is 6.26 Å². The van der Waals surface area contributed by atoms with Crippen LogP contribution in [0, 0.1) is 5.92 Å². The molecule has 0 radical (unpaired) electrons. The Kier molecular flexibility index (Phi) is 5.79. The molecule has 1 aliphatic heterocycles. The molecule has 132 valence electrons. The van der Waals surface area contributed by atoms with E-state index in [4.69, 9.17) is 9.84 Å². The van der Waals surface area contributed by atoms with E-state index in [-0.39, 0.29) is 11.8 Å². The zero-order valence-corrected chi connectivity index (χ0v) is 14.1. The van der Waals surface area contributed by atoms with Gasteiger partial charge in [0.2, 0.25) is 10.0 Å². The van der Waals surface area contributed by atoms with E-state index in [0.717, 1.165) is 0 Å². The van der Waals surface area contributed by atoms with Crippen LogP contribution in [-0.2, 0) is 14.8 Å². The van der Waals surface area contributed by atoms with Crippen molar-refractivity contribution in [2.24, 2.45) is 5.92 Å². The van der Waals surface area contributed by atoms with E-state index in [1.165, 1.54) is 16.6 Å². The summed E-state index contributed by atoms with van der Waals surface area (Å²) in [7, 11) is -3.19. The number of sulfonamides is 1. The first-order valence-corrected chi connectivity index (χ1v) is 9.28. The van der Waals surface area contributed by atoms with Crippen LogP contribution in [0.1, 0.15) is 16.8 Å². The lowest BCUT2D eigenvalue weighted by Gasteiger charge is -2.14. The van der Waals surface area contributed by atoms with Gasteiger partial charge in [-0.1, -0.05) is 6.07 Å². The highest BCUT2D eigenvalue weighted by atomic mass is 32.2. The lowest BCUT2D eigenvalue weighted by molar-refractivity contribution is -0.139. The molecule has 0 aromatic heterocycles. The van der Waals surface area contributed by atoms with Crippen molar-refractivity contribution in [3.8, 4) is 5.75 Å². The minimum absolute atomic E-state index is 0.0788. The molecule has 8 nitrogen and oxygen atoms in total. The van der Waals surface area contributed by atoms with E-state index in [9.17, 15) is 18.0 Å². The second-order valence-electron chi connectivity index (χ2n) is 5.70. The van der Waals surface area contributed by atoms with Crippen LogP contribution in [0.2, 0.25) is 0 Å². The monoisotopic (exact) mass is 356 g/mol. The molecule has 2 rings (SSSR count). The Morgan fingerprint density at radius 2 is 2.17 bits per heavy atom. The Morgan fingerprint density at radius 3 is 2.79 bits per heavy atom. The van der Waals surface area contributed by atoms with Crippen molar-refractivity contribution in [3.63, 3.8) is 0 Å². The molecule has 1 aromatic carbocycles. The Hall–Kier alpha value is -2.13. The largest absolute Gasteiger partial charge is 0.482 e. The molecule has 1 unspecified atom stereocenters. The lowest BCUT2D eigenvalue weighted by Crippen LogP contribution is -2.32. The van der Waals surface area contributed by atoms with Crippen LogP contribution in [-0.4, -0.2) is 62.2 Å². The first-order chi connectivity index (χ1) is 11.3. The van der Waals surface area contributed by atoms with Gasteiger partial charge in [-0.3, -0.25) is 4.79 Å². The molecular weight excluding hydrogens is 336 g/mol. The van der Waals surface area contributed by atoms with Gasteiger partial charge in [0.1, 0.15) is 5.75 Å². The Labute approximate surface area is 140 Å². The third-order valence-electron chi connectivity index (χ3n) is 3.73. The molecule has 1 aromatic rings. The number of carbonyl (C=O) groups is 2. The van der Waals surface area contributed by atoms with Gasteiger partial charge in [-0.15, -0.1) is 0 Å². The van der Waals surface area contributed by atoms with Gasteiger partial charge in [0, 0.05) is 25.2 Å². The van der Waals surface area contributed by atoms with E-state index in [2.05, 4.69) is 5.32 Å². The topological polar surface area (TPSA) is 113 Å². The standard InChI is InChI=1S/C15H20N2O6S/c1-24(21,22)17-6-5-11(9-17)8-16-15(20)12-3-2-4-13(7-12)23-10-14(18)19/h2-4,7,11H,5-6,8-10H2,1H3,(H,16,20)(H,18,19). The molecule has 1 fully saturated rings. The maximum absolute atomic E-state index is 12.2. The van der Waals surface area contributed by atoms with Crippen LogP contribution in [0.3, 0.4) is 0 Å². The van der Waals surface area contributed by atoms with E-state index >= 15 is 0 Å². The number of nitrogens with one attached hydrogen (secondary N) is 1. The molecule has 1 atom stereocenters. The molecule has 1 amide bonds. The number of hydrogen-bond acceptors (Lipinski definition) is 5. The summed E-state index contributed by atoms with van der Waals surface area (Å²) in [6.07, 6.45) is 1.88. The smallest absolute Gasteiger partial charge is 0.341 e. The van der Waals surface area contributed by atoms with Crippen molar-refractivity contribution >= 4 is 21.9 Å². The number of nitrogens with zero attached hydrogens (tertiary/aromatic N) is 1. The number of carboxylic acid groups (broad SMARTS) is 1. The summed E-state index contributed by atoms with van der Waals surface area (Å²) < 4.78 is 29.4. The fourth-order valence-corrected chi connectivity index (χ4v) is 3.39. The van der Waals surface area contributed by atoms with Crippen LogP contribution >= 0.6 is 0 Å². The number of rotatable bonds is 7. The van der Waals surface area contributed by atoms with Gasteiger partial charge >= 0.3 is 5.97 Å². The van der Waals surface area contributed by atoms with Gasteiger partial charge in [-0.2, -0.15) is 0 Å². The fourth-order valence-electron chi connectivity index (χ4n) is 2.48. The summed E-state index contributed by atoms with van der Waals surface area (Å²) in [5.41, 5.74) is 0.357. The van der Waals surface area contributed by atoms with Gasteiger partial charge < -0.3 is 15.2 Å². The summed E-state index contributed by atoms with van der Waals surface area (Å²) in [5.74, 6) is -1.03. The number of hydrogen-bond donors (Lipinski definition) is 2. The fraction of sp³-hybridized carbons (Fsp3) is 0.467. The normalized spacial score (nSPS) is 18.3. The van der Waals surface area contributed by atoms with E-state index in [1.54, 1.807) is 18.2 Å². The number of aliphatic carboxylic acids is 1. The molecule has 1 aliphatic rings. The molecular formula is C15H20N2O6S. The average Bonchev–Trinajstić information content (AvgIpc) is 3.00. The molecule has 0 spiro atoms. The highest BCUT2D eigenvalue weighted by Crippen LogP contribution is 2.18. The van der Waals surface area contributed by atoms with Crippen molar-refractivity contribution < 1.29 is 27.9 Å². The van der Waals surface area contributed by atoms with Crippen molar-refractivity contribution in [3.05, 3.63) is 29.8 Å². The van der Waals surface area contributed by atoms with Gasteiger partial charge in [0.15, 0.2) is 6.61 Å². The van der Waals surface area contributed by atoms with Crippen LogP contribution in [0.25, 0.3) is 0 Å². The van der Waals surface area contributed by atoms with Gasteiger partial charge in [-0.05, 0) is 30.5 Å². The van der Waals surface area contributed by atoms with Crippen LogP contribution in [0.15, 0.2) is 24.3 Å². The minimum atomic E-state index is -3.19. The van der Waals surface area contributed by atoms with Crippen LogP contribution in [0.5, 0.6) is 5.75 Å². The number of ether oxygens (including phenoxy) is 1. The highest BCUT2D eigenvalue weighted by Gasteiger charge is 2.28. The number of amides is 1. The second kappa shape index (κ2) is 7.63. The van der Waals surface area contributed by atoms with Crippen LogP contribution < -0.4 is 10.1 Å². The number of benzene rings is 1. The van der Waals surface area contributed by atoms with Gasteiger partial charge in [0.25, 0.3) is 5.91 Å². The molecule has 0 aliphatic carbocycles. The summed E-state index contributed by atoms with van der Waals surface area (Å²) in [6, 6.07) is 6.24. The zero-order chi connectivity index (χ0) is 17.7. The summed E-state index contributed by atoms with van der Waals surface area (Å²) in [6.45, 7) is 0.776. The predicted molar refractivity (Wildman–Crippen MR) is 86.4 cm³/mol. The van der Waals surface area contributed by atoms with Crippen molar-refractivity contribution in [1.82, 2.24) is 9.62 Å². The second-order valence-corrected chi connectivity index (χ2v) is 7.68. The quantitative estimate of drug-likeness (QED) is 0.720. The Balaban J connectivity index is 1.87. The molecule has 1 heterocycles. The zero-order valence-electron chi connectivity index (χ0n) is 13.3. The lowest BCUT2D eigenvalue weighted by atomic mass is 10.1. The maximum atomic E-state index is 12.2. The average molecular weight is 356 g/mol. The summed E-state index contributed by atoms with van der Waals surface area (Å²) in [5, 5.41) is 11.4. The predicted octanol–water partition coefficient (Wildman–Crippen LogP) is 0.161. The third kappa shape index (κ3) is 5.20. The first kappa shape index (κ1) is 18.2. The number of carbonyl (C=O) groups excluding carboxylic acids is 1. The van der Waals surface area contributed by atoms with E-state index in [0.29, 0.717) is 37.4 Å².